The Balaban J connectivity index is 1.95. The van der Waals surface area contributed by atoms with E-state index < -0.39 is 0 Å². The van der Waals surface area contributed by atoms with Crippen molar-refractivity contribution in [1.29, 1.82) is 0 Å². The highest BCUT2D eigenvalue weighted by molar-refractivity contribution is 7.98. The van der Waals surface area contributed by atoms with E-state index in [1.165, 1.54) is 9.60 Å². The maximum absolute atomic E-state index is 5.87. The molecule has 0 radical (unpaired) electrons. The molecule has 0 saturated carbocycles. The highest BCUT2D eigenvalue weighted by atomic mass is 35.5. The molecule has 2 aromatic carbocycles. The van der Waals surface area contributed by atoms with Gasteiger partial charge < -0.3 is 5.32 Å². The number of thiazole rings is 1. The van der Waals surface area contributed by atoms with Gasteiger partial charge in [0.1, 0.15) is 0 Å². The van der Waals surface area contributed by atoms with E-state index in [2.05, 4.69) is 34.8 Å². The van der Waals surface area contributed by atoms with Gasteiger partial charge in [-0.3, -0.25) is 0 Å². The molecule has 5 heteroatoms. The zero-order valence-electron chi connectivity index (χ0n) is 10.2. The number of nitrogens with one attached hydrogen (secondary N) is 1. The minimum Gasteiger partial charge on any atom is -0.332 e. The van der Waals surface area contributed by atoms with Crippen LogP contribution in [0.4, 0.5) is 10.8 Å². The lowest BCUT2D eigenvalue weighted by Gasteiger charge is -2.01. The minimum absolute atomic E-state index is 0.736. The fraction of sp³-hybridized carbons (Fsp3) is 0.0714. The van der Waals surface area contributed by atoms with E-state index in [1.807, 2.05) is 24.3 Å². The number of aromatic nitrogens is 1. The SMILES string of the molecule is CSc1cccc2sc(Nc3ccc(Cl)cc3)nc12. The fourth-order valence-corrected chi connectivity index (χ4v) is 3.47. The molecular weight excluding hydrogens is 296 g/mol. The van der Waals surface area contributed by atoms with Crippen molar-refractivity contribution in [2.45, 2.75) is 4.90 Å². The number of para-hydroxylation sites is 1. The molecule has 19 heavy (non-hydrogen) atoms. The lowest BCUT2D eigenvalue weighted by molar-refractivity contribution is 1.39. The van der Waals surface area contributed by atoms with Crippen LogP contribution in [0.5, 0.6) is 0 Å². The van der Waals surface area contributed by atoms with E-state index in [-0.39, 0.29) is 0 Å². The summed E-state index contributed by atoms with van der Waals surface area (Å²) in [4.78, 5) is 5.86. The zero-order chi connectivity index (χ0) is 13.2. The molecule has 2 nitrogen and oxygen atoms in total. The number of nitrogens with zero attached hydrogens (tertiary/aromatic N) is 1. The highest BCUT2D eigenvalue weighted by Crippen LogP contribution is 2.33. The summed E-state index contributed by atoms with van der Waals surface area (Å²) in [5.74, 6) is 0. The minimum atomic E-state index is 0.736. The Bertz CT molecular complexity index is 707. The van der Waals surface area contributed by atoms with Gasteiger partial charge in [0.25, 0.3) is 0 Å². The summed E-state index contributed by atoms with van der Waals surface area (Å²) in [5.41, 5.74) is 2.06. The van der Waals surface area contributed by atoms with Gasteiger partial charge in [0.05, 0.1) is 10.2 Å². The van der Waals surface area contributed by atoms with Crippen molar-refractivity contribution in [3.05, 3.63) is 47.5 Å². The first-order chi connectivity index (χ1) is 9.26. The molecule has 1 aromatic heterocycles. The first-order valence-corrected chi connectivity index (χ1v) is 8.14. The van der Waals surface area contributed by atoms with Gasteiger partial charge in [-0.1, -0.05) is 29.0 Å². The Hall–Kier alpha value is -1.23. The van der Waals surface area contributed by atoms with Gasteiger partial charge in [-0.25, -0.2) is 4.98 Å². The number of rotatable bonds is 3. The van der Waals surface area contributed by atoms with Crippen molar-refractivity contribution in [2.24, 2.45) is 0 Å². The molecule has 0 saturated heterocycles. The van der Waals surface area contributed by atoms with Gasteiger partial charge in [0.15, 0.2) is 5.13 Å². The second-order valence-electron chi connectivity index (χ2n) is 3.96. The second-order valence-corrected chi connectivity index (χ2v) is 6.27. The first kappa shape index (κ1) is 12.8. The van der Waals surface area contributed by atoms with Crippen molar-refractivity contribution in [3.8, 4) is 0 Å². The van der Waals surface area contributed by atoms with E-state index in [4.69, 9.17) is 11.6 Å². The molecule has 0 aliphatic rings. The average Bonchev–Trinajstić information content (AvgIpc) is 2.83. The normalized spacial score (nSPS) is 10.8. The first-order valence-electron chi connectivity index (χ1n) is 5.72. The van der Waals surface area contributed by atoms with Crippen LogP contribution in [-0.2, 0) is 0 Å². The average molecular weight is 307 g/mol. The molecule has 1 heterocycles. The molecule has 96 valence electrons. The second kappa shape index (κ2) is 5.41. The van der Waals surface area contributed by atoms with Gasteiger partial charge in [-0.15, -0.1) is 11.8 Å². The third-order valence-electron chi connectivity index (χ3n) is 2.70. The lowest BCUT2D eigenvalue weighted by Crippen LogP contribution is -1.88. The molecule has 0 fully saturated rings. The Morgan fingerprint density at radius 2 is 1.95 bits per heavy atom. The van der Waals surface area contributed by atoms with Crippen LogP contribution in [-0.4, -0.2) is 11.2 Å². The summed E-state index contributed by atoms with van der Waals surface area (Å²) in [6.07, 6.45) is 2.07. The standard InChI is InChI=1S/C14H11ClN2S2/c1-18-11-3-2-4-12-13(11)17-14(19-12)16-10-7-5-9(15)6-8-10/h2-8H,1H3,(H,16,17). The van der Waals surface area contributed by atoms with Crippen molar-refractivity contribution in [3.63, 3.8) is 0 Å². The highest BCUT2D eigenvalue weighted by Gasteiger charge is 2.07. The van der Waals surface area contributed by atoms with Crippen LogP contribution in [0.15, 0.2) is 47.4 Å². The molecule has 0 spiro atoms. The molecule has 1 N–H and O–H groups in total. The van der Waals surface area contributed by atoms with Crippen LogP contribution in [0, 0.1) is 0 Å². The van der Waals surface area contributed by atoms with Gasteiger partial charge in [0.2, 0.25) is 0 Å². The maximum Gasteiger partial charge on any atom is 0.188 e. The molecule has 3 rings (SSSR count). The van der Waals surface area contributed by atoms with Crippen molar-refractivity contribution < 1.29 is 0 Å². The summed E-state index contributed by atoms with van der Waals surface area (Å²) in [7, 11) is 0. The van der Waals surface area contributed by atoms with E-state index >= 15 is 0 Å². The molecule has 0 atom stereocenters. The third-order valence-corrected chi connectivity index (χ3v) is 4.65. The lowest BCUT2D eigenvalue weighted by atomic mass is 10.3. The summed E-state index contributed by atoms with van der Waals surface area (Å²) in [6.45, 7) is 0. The van der Waals surface area contributed by atoms with E-state index in [0.717, 1.165) is 21.4 Å². The number of hydrogen-bond donors (Lipinski definition) is 1. The Labute approximate surface area is 124 Å². The molecule has 3 aromatic rings. The fourth-order valence-electron chi connectivity index (χ4n) is 1.80. The Morgan fingerprint density at radius 1 is 1.16 bits per heavy atom. The predicted octanol–water partition coefficient (Wildman–Crippen LogP) is 5.42. The number of halogens is 1. The topological polar surface area (TPSA) is 24.9 Å². The molecule has 0 unspecified atom stereocenters. The van der Waals surface area contributed by atoms with Crippen molar-refractivity contribution in [1.82, 2.24) is 4.98 Å². The van der Waals surface area contributed by atoms with Crippen LogP contribution in [0.1, 0.15) is 0 Å². The number of hydrogen-bond acceptors (Lipinski definition) is 4. The van der Waals surface area contributed by atoms with Crippen LogP contribution in [0.3, 0.4) is 0 Å². The number of anilines is 2. The van der Waals surface area contributed by atoms with E-state index in [1.54, 1.807) is 23.1 Å². The molecule has 0 aliphatic carbocycles. The number of fused-ring (bicyclic) bond motifs is 1. The smallest absolute Gasteiger partial charge is 0.188 e. The Kier molecular flexibility index (Phi) is 3.64. The molecule has 0 amide bonds. The third kappa shape index (κ3) is 2.71. The maximum atomic E-state index is 5.87. The predicted molar refractivity (Wildman–Crippen MR) is 86.1 cm³/mol. The van der Waals surface area contributed by atoms with Crippen LogP contribution in [0.25, 0.3) is 10.2 Å². The zero-order valence-corrected chi connectivity index (χ0v) is 12.6. The van der Waals surface area contributed by atoms with Gasteiger partial charge in [-0.05, 0) is 42.7 Å². The number of thioether (sulfide) groups is 1. The summed E-state index contributed by atoms with van der Waals surface area (Å²) < 4.78 is 1.20. The van der Waals surface area contributed by atoms with Gasteiger partial charge in [-0.2, -0.15) is 0 Å². The monoisotopic (exact) mass is 306 g/mol. The largest absolute Gasteiger partial charge is 0.332 e. The summed E-state index contributed by atoms with van der Waals surface area (Å²) in [6, 6.07) is 13.9. The van der Waals surface area contributed by atoms with Gasteiger partial charge >= 0.3 is 0 Å². The molecular formula is C14H11ClN2S2. The van der Waals surface area contributed by atoms with E-state index in [9.17, 15) is 0 Å². The van der Waals surface area contributed by atoms with Crippen LogP contribution >= 0.6 is 34.7 Å². The Morgan fingerprint density at radius 3 is 2.68 bits per heavy atom. The summed E-state index contributed by atoms with van der Waals surface area (Å²) in [5, 5.41) is 4.95. The van der Waals surface area contributed by atoms with E-state index in [0.29, 0.717) is 0 Å². The summed E-state index contributed by atoms with van der Waals surface area (Å²) >= 11 is 9.25. The van der Waals surface area contributed by atoms with Crippen LogP contribution < -0.4 is 5.32 Å². The van der Waals surface area contributed by atoms with Crippen LogP contribution in [0.2, 0.25) is 5.02 Å². The molecule has 0 aliphatic heterocycles. The number of benzene rings is 2. The van der Waals surface area contributed by atoms with Crippen molar-refractivity contribution >= 4 is 55.7 Å². The molecule has 0 bridgehead atoms. The van der Waals surface area contributed by atoms with Crippen molar-refractivity contribution in [2.75, 3.05) is 11.6 Å². The quantitative estimate of drug-likeness (QED) is 0.654. The van der Waals surface area contributed by atoms with Gasteiger partial charge in [0, 0.05) is 15.6 Å².